The lowest BCUT2D eigenvalue weighted by Gasteiger charge is -2.29. The van der Waals surface area contributed by atoms with E-state index >= 15 is 0 Å². The molecule has 0 heterocycles. The molecule has 0 saturated carbocycles. The largest absolute Gasteiger partial charge is 0.345 e. The number of amides is 2. The van der Waals surface area contributed by atoms with Crippen molar-refractivity contribution in [2.45, 2.75) is 39.8 Å². The number of hydrogen-bond donors (Lipinski definition) is 2. The molecule has 0 saturated heterocycles. The van der Waals surface area contributed by atoms with Crippen molar-refractivity contribution in [3.8, 4) is 0 Å². The molecule has 0 radical (unpaired) electrons. The van der Waals surface area contributed by atoms with Crippen molar-refractivity contribution in [2.75, 3.05) is 15.9 Å². The molecule has 0 spiro atoms. The molecule has 2 unspecified atom stereocenters. The predicted octanol–water partition coefficient (Wildman–Crippen LogP) is 4.59. The number of para-hydroxylation sites is 1. The molecule has 0 aliphatic rings. The van der Waals surface area contributed by atoms with Crippen LogP contribution in [0.25, 0.3) is 0 Å². The van der Waals surface area contributed by atoms with Crippen LogP contribution in [0.5, 0.6) is 0 Å². The van der Waals surface area contributed by atoms with E-state index in [2.05, 4.69) is 10.6 Å². The molecule has 8 heteroatoms. The highest BCUT2D eigenvalue weighted by atomic mass is 32.2. The van der Waals surface area contributed by atoms with Gasteiger partial charge in [-0.2, -0.15) is 0 Å². The summed E-state index contributed by atoms with van der Waals surface area (Å²) in [7, 11) is -3.76. The summed E-state index contributed by atoms with van der Waals surface area (Å²) in [6, 6.07) is 20.2. The Labute approximate surface area is 207 Å². The van der Waals surface area contributed by atoms with Crippen molar-refractivity contribution in [2.24, 2.45) is 0 Å². The molecule has 7 nitrogen and oxygen atoms in total. The third kappa shape index (κ3) is 6.27. The number of nitrogens with zero attached hydrogens (tertiary/aromatic N) is 1. The number of sulfonamides is 1. The molecule has 0 aromatic heterocycles. The summed E-state index contributed by atoms with van der Waals surface area (Å²) in [5.74, 6) is -0.899. The van der Waals surface area contributed by atoms with Crippen LogP contribution in [0.2, 0.25) is 0 Å². The quantitative estimate of drug-likeness (QED) is 0.480. The molecule has 2 N–H and O–H groups in total. The Hall–Kier alpha value is -3.65. The molecular weight excluding hydrogens is 462 g/mol. The zero-order chi connectivity index (χ0) is 25.8. The van der Waals surface area contributed by atoms with E-state index in [1.165, 1.54) is 6.92 Å². The third-order valence-corrected chi connectivity index (χ3v) is 7.15. The molecule has 0 fully saturated rings. The highest BCUT2D eigenvalue weighted by Gasteiger charge is 2.30. The minimum absolute atomic E-state index is 0.239. The van der Waals surface area contributed by atoms with Crippen molar-refractivity contribution >= 4 is 33.2 Å². The Morgan fingerprint density at radius 3 is 2.11 bits per heavy atom. The second kappa shape index (κ2) is 10.7. The monoisotopic (exact) mass is 493 g/mol. The zero-order valence-electron chi connectivity index (χ0n) is 20.6. The van der Waals surface area contributed by atoms with Crippen LogP contribution in [0, 0.1) is 13.8 Å². The summed E-state index contributed by atoms with van der Waals surface area (Å²) in [6.45, 7) is 7.21. The van der Waals surface area contributed by atoms with Crippen LogP contribution in [0.4, 0.5) is 11.4 Å². The van der Waals surface area contributed by atoms with Gasteiger partial charge in [-0.25, -0.2) is 8.42 Å². The number of nitrogens with one attached hydrogen (secondary N) is 2. The zero-order valence-corrected chi connectivity index (χ0v) is 21.4. The first-order valence-corrected chi connectivity index (χ1v) is 13.2. The normalized spacial score (nSPS) is 12.9. The molecule has 0 aliphatic heterocycles. The van der Waals surface area contributed by atoms with Crippen molar-refractivity contribution in [3.63, 3.8) is 0 Å². The van der Waals surface area contributed by atoms with E-state index < -0.39 is 22.0 Å². The molecule has 0 bridgehead atoms. The van der Waals surface area contributed by atoms with E-state index in [4.69, 9.17) is 0 Å². The Morgan fingerprint density at radius 1 is 0.857 bits per heavy atom. The van der Waals surface area contributed by atoms with Gasteiger partial charge in [0.15, 0.2) is 0 Å². The van der Waals surface area contributed by atoms with Crippen LogP contribution >= 0.6 is 0 Å². The number of carbonyl (C=O) groups excluding carboxylic acids is 2. The van der Waals surface area contributed by atoms with E-state index in [1.54, 1.807) is 36.4 Å². The Kier molecular flexibility index (Phi) is 7.96. The Morgan fingerprint density at radius 2 is 1.49 bits per heavy atom. The number of aryl methyl sites for hydroxylation is 2. The third-order valence-electron chi connectivity index (χ3n) is 5.91. The van der Waals surface area contributed by atoms with Gasteiger partial charge in [0.25, 0.3) is 5.91 Å². The minimum atomic E-state index is -3.76. The summed E-state index contributed by atoms with van der Waals surface area (Å²) in [4.78, 5) is 26.2. The van der Waals surface area contributed by atoms with Gasteiger partial charge in [-0.1, -0.05) is 48.5 Å². The van der Waals surface area contributed by atoms with Crippen LogP contribution < -0.4 is 14.9 Å². The molecule has 3 aromatic rings. The van der Waals surface area contributed by atoms with Crippen molar-refractivity contribution in [3.05, 3.63) is 95.1 Å². The lowest BCUT2D eigenvalue weighted by Crippen LogP contribution is -2.45. The van der Waals surface area contributed by atoms with Crippen LogP contribution in [-0.2, 0) is 14.8 Å². The molecule has 35 heavy (non-hydrogen) atoms. The summed E-state index contributed by atoms with van der Waals surface area (Å²) in [5, 5.41) is 5.69. The van der Waals surface area contributed by atoms with Gasteiger partial charge in [0.1, 0.15) is 6.04 Å². The van der Waals surface area contributed by atoms with E-state index in [0.717, 1.165) is 27.3 Å². The van der Waals surface area contributed by atoms with Crippen molar-refractivity contribution < 1.29 is 18.0 Å². The van der Waals surface area contributed by atoms with Crippen molar-refractivity contribution in [1.82, 2.24) is 5.32 Å². The van der Waals surface area contributed by atoms with Gasteiger partial charge in [0.2, 0.25) is 15.9 Å². The summed E-state index contributed by atoms with van der Waals surface area (Å²) < 4.78 is 26.4. The number of carbonyl (C=O) groups is 2. The maximum atomic E-state index is 13.2. The van der Waals surface area contributed by atoms with E-state index in [9.17, 15) is 18.0 Å². The number of hydrogen-bond acceptors (Lipinski definition) is 4. The first kappa shape index (κ1) is 26.0. The second-order valence-corrected chi connectivity index (χ2v) is 10.5. The van der Waals surface area contributed by atoms with Crippen LogP contribution in [0.1, 0.15) is 46.9 Å². The molecular formula is C27H31N3O4S. The van der Waals surface area contributed by atoms with Gasteiger partial charge in [-0.3, -0.25) is 13.9 Å². The predicted molar refractivity (Wildman–Crippen MR) is 140 cm³/mol. The fourth-order valence-corrected chi connectivity index (χ4v) is 4.96. The average Bonchev–Trinajstić information content (AvgIpc) is 2.81. The van der Waals surface area contributed by atoms with Crippen LogP contribution in [0.3, 0.4) is 0 Å². The fourth-order valence-electron chi connectivity index (χ4n) is 3.80. The van der Waals surface area contributed by atoms with Crippen molar-refractivity contribution in [1.29, 1.82) is 0 Å². The molecule has 3 aromatic carbocycles. The van der Waals surface area contributed by atoms with Crippen LogP contribution in [0.15, 0.2) is 72.8 Å². The van der Waals surface area contributed by atoms with Gasteiger partial charge >= 0.3 is 0 Å². The van der Waals surface area contributed by atoms with Gasteiger partial charge < -0.3 is 10.6 Å². The maximum Gasteiger partial charge on any atom is 0.253 e. The van der Waals surface area contributed by atoms with Gasteiger partial charge in [0.05, 0.1) is 29.2 Å². The first-order valence-electron chi connectivity index (χ1n) is 11.3. The van der Waals surface area contributed by atoms with Crippen LogP contribution in [-0.4, -0.2) is 32.5 Å². The standard InChI is InChI=1S/C27H31N3O4S/c1-18-15-16-23(17-19(18)2)30(35(5,33)34)21(4)26(31)29-25-14-10-9-13-24(25)27(32)28-20(3)22-11-7-6-8-12-22/h6-17,20-21H,1-5H3,(H,28,32)(H,29,31). The lowest BCUT2D eigenvalue weighted by atomic mass is 10.1. The molecule has 3 rings (SSSR count). The topological polar surface area (TPSA) is 95.6 Å². The van der Waals surface area contributed by atoms with E-state index in [0.29, 0.717) is 11.4 Å². The highest BCUT2D eigenvalue weighted by Crippen LogP contribution is 2.25. The average molecular weight is 494 g/mol. The number of anilines is 2. The fraction of sp³-hybridized carbons (Fsp3) is 0.259. The Balaban J connectivity index is 1.83. The summed E-state index contributed by atoms with van der Waals surface area (Å²) in [6.07, 6.45) is 1.07. The number of benzene rings is 3. The smallest absolute Gasteiger partial charge is 0.253 e. The Bertz CT molecular complexity index is 1320. The highest BCUT2D eigenvalue weighted by molar-refractivity contribution is 7.92. The number of rotatable bonds is 8. The molecule has 0 aliphatic carbocycles. The van der Waals surface area contributed by atoms with E-state index in [-0.39, 0.29) is 17.5 Å². The van der Waals surface area contributed by atoms with Gasteiger partial charge in [-0.05, 0) is 68.7 Å². The maximum absolute atomic E-state index is 13.2. The SMILES string of the molecule is Cc1ccc(N(C(C)C(=O)Nc2ccccc2C(=O)NC(C)c2ccccc2)S(C)(=O)=O)cc1C. The van der Waals surface area contributed by atoms with Gasteiger partial charge in [0, 0.05) is 0 Å². The minimum Gasteiger partial charge on any atom is -0.345 e. The molecule has 2 atom stereocenters. The summed E-state index contributed by atoms with van der Waals surface area (Å²) >= 11 is 0. The molecule has 2 amide bonds. The summed E-state index contributed by atoms with van der Waals surface area (Å²) in [5.41, 5.74) is 3.87. The van der Waals surface area contributed by atoms with E-state index in [1.807, 2.05) is 57.2 Å². The second-order valence-electron chi connectivity index (χ2n) is 8.64. The van der Waals surface area contributed by atoms with Gasteiger partial charge in [-0.15, -0.1) is 0 Å². The lowest BCUT2D eigenvalue weighted by molar-refractivity contribution is -0.116. The molecule has 184 valence electrons. The first-order chi connectivity index (χ1) is 16.5.